The van der Waals surface area contributed by atoms with Crippen molar-refractivity contribution in [1.82, 2.24) is 0 Å². The van der Waals surface area contributed by atoms with Gasteiger partial charge in [0.1, 0.15) is 5.75 Å². The Morgan fingerprint density at radius 1 is 1.50 bits per heavy atom. The standard InChI is InChI=1S/C11H10N2O3/c1-8(14)16-11-4-2-9(3-5-11)6-10(15)7-13-12/h2-5,7H,6H2,1H3/p+1/b10-7-. The monoisotopic (exact) mass is 219 g/mol. The van der Waals surface area contributed by atoms with Gasteiger partial charge in [-0.3, -0.25) is 4.79 Å². The van der Waals surface area contributed by atoms with Crippen molar-refractivity contribution in [3.05, 3.63) is 46.8 Å². The summed E-state index contributed by atoms with van der Waals surface area (Å²) in [5.74, 6) is 0.0175. The van der Waals surface area contributed by atoms with Gasteiger partial charge in [0.15, 0.2) is 10.7 Å². The van der Waals surface area contributed by atoms with Crippen LogP contribution in [0, 0.1) is 5.39 Å². The van der Waals surface area contributed by atoms with Crippen LogP contribution in [0.3, 0.4) is 0 Å². The fraction of sp³-hybridized carbons (Fsp3) is 0.182. The number of benzene rings is 1. The van der Waals surface area contributed by atoms with Gasteiger partial charge in [-0.1, -0.05) is 12.1 Å². The molecule has 0 saturated heterocycles. The number of carbonyl (C=O) groups is 1. The summed E-state index contributed by atoms with van der Waals surface area (Å²) in [5, 5.41) is 17.4. The first kappa shape index (κ1) is 11.7. The molecule has 1 rings (SSSR count). The molecule has 5 heteroatoms. The number of rotatable bonds is 3. The van der Waals surface area contributed by atoms with Gasteiger partial charge in [-0.2, -0.15) is 0 Å². The minimum absolute atomic E-state index is 0.0530. The van der Waals surface area contributed by atoms with Crippen LogP contribution in [0.4, 0.5) is 0 Å². The third-order valence-corrected chi connectivity index (χ3v) is 1.78. The van der Waals surface area contributed by atoms with Crippen molar-refractivity contribution in [3.8, 4) is 5.75 Å². The lowest BCUT2D eigenvalue weighted by Gasteiger charge is -2.02. The Labute approximate surface area is 92.6 Å². The number of hydrogen-bond donors (Lipinski definition) is 1. The van der Waals surface area contributed by atoms with Gasteiger partial charge in [-0.05, 0) is 17.7 Å². The summed E-state index contributed by atoms with van der Waals surface area (Å²) in [4.78, 5) is 13.4. The molecule has 1 N–H and O–H groups in total. The van der Waals surface area contributed by atoms with Crippen LogP contribution in [-0.4, -0.2) is 11.1 Å². The van der Waals surface area contributed by atoms with E-state index in [1.165, 1.54) is 6.92 Å². The summed E-state index contributed by atoms with van der Waals surface area (Å²) >= 11 is 0. The van der Waals surface area contributed by atoms with Crippen LogP contribution in [0.5, 0.6) is 5.75 Å². The van der Waals surface area contributed by atoms with Crippen LogP contribution < -0.4 is 4.74 Å². The minimum Gasteiger partial charge on any atom is -0.505 e. The highest BCUT2D eigenvalue weighted by Crippen LogP contribution is 2.14. The number of allylic oxidation sites excluding steroid dienone is 1. The molecule has 0 spiro atoms. The van der Waals surface area contributed by atoms with Gasteiger partial charge < -0.3 is 9.84 Å². The molecule has 0 aromatic heterocycles. The van der Waals surface area contributed by atoms with Crippen LogP contribution in [0.1, 0.15) is 12.5 Å². The number of hydrogen-bond acceptors (Lipinski definition) is 4. The van der Waals surface area contributed by atoms with Crippen molar-refractivity contribution >= 4 is 5.97 Å². The normalized spacial score (nSPS) is 10.6. The fourth-order valence-electron chi connectivity index (χ4n) is 1.16. The summed E-state index contributed by atoms with van der Waals surface area (Å²) in [6, 6.07) is 6.67. The molecule has 0 bridgehead atoms. The number of carbonyl (C=O) groups excluding carboxylic acids is 1. The van der Waals surface area contributed by atoms with Crippen molar-refractivity contribution in [2.24, 2.45) is 0 Å². The zero-order chi connectivity index (χ0) is 12.0. The van der Waals surface area contributed by atoms with Crippen LogP contribution >= 0.6 is 0 Å². The zero-order valence-electron chi connectivity index (χ0n) is 8.75. The largest absolute Gasteiger partial charge is 0.505 e. The van der Waals surface area contributed by atoms with Gasteiger partial charge in [0.25, 0.3) is 0 Å². The van der Waals surface area contributed by atoms with Gasteiger partial charge in [-0.15, -0.1) is 0 Å². The Morgan fingerprint density at radius 3 is 2.62 bits per heavy atom. The topological polar surface area (TPSA) is 74.7 Å². The summed E-state index contributed by atoms with van der Waals surface area (Å²) in [5.41, 5.74) is 0.813. The highest BCUT2D eigenvalue weighted by Gasteiger charge is 2.03. The number of diazo groups is 1. The smallest absolute Gasteiger partial charge is 0.387 e. The number of aliphatic hydroxyl groups is 1. The lowest BCUT2D eigenvalue weighted by atomic mass is 10.1. The van der Waals surface area contributed by atoms with Gasteiger partial charge in [0.05, 0.1) is 0 Å². The van der Waals surface area contributed by atoms with Crippen molar-refractivity contribution < 1.29 is 14.6 Å². The van der Waals surface area contributed by atoms with Gasteiger partial charge in [0, 0.05) is 13.3 Å². The Hall–Kier alpha value is -2.35. The summed E-state index contributed by atoms with van der Waals surface area (Å²) in [6.45, 7) is 1.32. The quantitative estimate of drug-likeness (QED) is 0.366. The molecular formula is C11H11N2O3+. The van der Waals surface area contributed by atoms with Gasteiger partial charge in [0.2, 0.25) is 5.39 Å². The van der Waals surface area contributed by atoms with Crippen LogP contribution in [0.15, 0.2) is 36.2 Å². The molecule has 0 atom stereocenters. The Morgan fingerprint density at radius 2 is 2.12 bits per heavy atom. The van der Waals surface area contributed by atoms with Crippen molar-refractivity contribution in [2.75, 3.05) is 0 Å². The van der Waals surface area contributed by atoms with Gasteiger partial charge in [-0.25, -0.2) is 0 Å². The molecule has 16 heavy (non-hydrogen) atoms. The maximum absolute atomic E-state index is 10.6. The molecule has 5 nitrogen and oxygen atoms in total. The predicted molar refractivity (Wildman–Crippen MR) is 57.3 cm³/mol. The molecule has 0 radical (unpaired) electrons. The van der Waals surface area contributed by atoms with E-state index in [0.717, 1.165) is 11.8 Å². The lowest BCUT2D eigenvalue weighted by molar-refractivity contribution is -0.131. The molecule has 0 amide bonds. The minimum atomic E-state index is -0.380. The van der Waals surface area contributed by atoms with E-state index in [1.54, 1.807) is 24.3 Å². The number of ether oxygens (including phenoxy) is 1. The fourth-order valence-corrected chi connectivity index (χ4v) is 1.16. The molecule has 0 fully saturated rings. The maximum Gasteiger partial charge on any atom is 0.387 e. The third kappa shape index (κ3) is 3.80. The second-order valence-corrected chi connectivity index (χ2v) is 3.15. The molecule has 0 aliphatic carbocycles. The van der Waals surface area contributed by atoms with Crippen LogP contribution in [0.2, 0.25) is 0 Å². The second-order valence-electron chi connectivity index (χ2n) is 3.15. The first-order valence-electron chi connectivity index (χ1n) is 4.61. The molecule has 0 saturated carbocycles. The first-order valence-corrected chi connectivity index (χ1v) is 4.61. The number of aliphatic hydroxyl groups excluding tert-OH is 1. The van der Waals surface area contributed by atoms with Crippen LogP contribution in [-0.2, 0) is 11.2 Å². The third-order valence-electron chi connectivity index (χ3n) is 1.78. The van der Waals surface area contributed by atoms with Gasteiger partial charge >= 0.3 is 12.2 Å². The van der Waals surface area contributed by atoms with E-state index in [-0.39, 0.29) is 18.1 Å². The Bertz CT molecular complexity index is 443. The molecule has 1 aromatic rings. The SMILES string of the molecule is CC(=O)Oc1ccc(C/C(O)=C/[N+]#N)cc1. The van der Waals surface area contributed by atoms with Crippen LogP contribution in [0.25, 0.3) is 4.98 Å². The summed E-state index contributed by atoms with van der Waals surface area (Å²) in [7, 11) is 0. The predicted octanol–water partition coefficient (Wildman–Crippen LogP) is 2.41. The molecule has 0 unspecified atom stereocenters. The molecule has 82 valence electrons. The highest BCUT2D eigenvalue weighted by molar-refractivity contribution is 5.69. The molecule has 1 aromatic carbocycles. The summed E-state index contributed by atoms with van der Waals surface area (Å²) in [6.07, 6.45) is 1.21. The lowest BCUT2D eigenvalue weighted by Crippen LogP contribution is -2.01. The van der Waals surface area contributed by atoms with E-state index < -0.39 is 0 Å². The average molecular weight is 219 g/mol. The Balaban J connectivity index is 2.69. The molecule has 0 aliphatic heterocycles. The van der Waals surface area contributed by atoms with E-state index in [9.17, 15) is 9.90 Å². The van der Waals surface area contributed by atoms with Crippen molar-refractivity contribution in [1.29, 1.82) is 5.39 Å². The average Bonchev–Trinajstić information content (AvgIpc) is 2.20. The number of esters is 1. The second kappa shape index (κ2) is 5.51. The Kier molecular flexibility index (Phi) is 4.04. The van der Waals surface area contributed by atoms with E-state index in [2.05, 4.69) is 4.98 Å². The van der Waals surface area contributed by atoms with E-state index in [4.69, 9.17) is 10.1 Å². The zero-order valence-corrected chi connectivity index (χ0v) is 8.75. The van der Waals surface area contributed by atoms with E-state index in [0.29, 0.717) is 5.75 Å². The van der Waals surface area contributed by atoms with E-state index >= 15 is 0 Å². The molecule has 0 heterocycles. The highest BCUT2D eigenvalue weighted by atomic mass is 16.5. The van der Waals surface area contributed by atoms with Crippen molar-refractivity contribution in [3.63, 3.8) is 0 Å². The summed E-state index contributed by atoms with van der Waals surface area (Å²) < 4.78 is 4.85. The molecule has 0 aliphatic rings. The maximum atomic E-state index is 10.6. The molecular weight excluding hydrogens is 208 g/mol. The number of nitrogens with zero attached hydrogens (tertiary/aromatic N) is 2. The van der Waals surface area contributed by atoms with E-state index in [1.807, 2.05) is 0 Å². The first-order chi connectivity index (χ1) is 7.61. The van der Waals surface area contributed by atoms with Crippen molar-refractivity contribution in [2.45, 2.75) is 13.3 Å².